The summed E-state index contributed by atoms with van der Waals surface area (Å²) in [6, 6.07) is 13.7. The number of rotatable bonds is 5. The highest BCUT2D eigenvalue weighted by Crippen LogP contribution is 2.26. The van der Waals surface area contributed by atoms with Crippen molar-refractivity contribution in [2.24, 2.45) is 10.7 Å². The summed E-state index contributed by atoms with van der Waals surface area (Å²) in [7, 11) is 0. The molecule has 0 unspecified atom stereocenters. The van der Waals surface area contributed by atoms with Crippen LogP contribution in [0.5, 0.6) is 5.75 Å². The highest BCUT2D eigenvalue weighted by molar-refractivity contribution is 6.30. The number of nitrogens with two attached hydrogens (primary N) is 1. The number of aliphatic imine (C=N–C) groups is 1. The molecule has 8 heteroatoms. The van der Waals surface area contributed by atoms with Crippen molar-refractivity contribution < 1.29 is 9.53 Å². The fourth-order valence-electron chi connectivity index (χ4n) is 3.72. The zero-order valence-corrected chi connectivity index (χ0v) is 17.6. The molecule has 1 amide bonds. The SMILES string of the molecule is NC(=NCCOc1ccc2c(c1)CCC(=O)N2)N1CCN(c2ccc(Cl)cc2)CC1. The van der Waals surface area contributed by atoms with Crippen LogP contribution in [0.2, 0.25) is 5.02 Å². The molecule has 0 spiro atoms. The van der Waals surface area contributed by atoms with E-state index in [4.69, 9.17) is 22.1 Å². The van der Waals surface area contributed by atoms with Gasteiger partial charge in [-0.1, -0.05) is 11.6 Å². The van der Waals surface area contributed by atoms with Gasteiger partial charge >= 0.3 is 0 Å². The Morgan fingerprint density at radius 3 is 2.63 bits per heavy atom. The Morgan fingerprint density at radius 2 is 1.87 bits per heavy atom. The second-order valence-corrected chi connectivity index (χ2v) is 7.84. The number of amides is 1. The lowest BCUT2D eigenvalue weighted by Gasteiger charge is -2.36. The van der Waals surface area contributed by atoms with Crippen molar-refractivity contribution in [3.05, 3.63) is 53.1 Å². The maximum Gasteiger partial charge on any atom is 0.224 e. The van der Waals surface area contributed by atoms with Crippen molar-refractivity contribution in [1.29, 1.82) is 0 Å². The summed E-state index contributed by atoms with van der Waals surface area (Å²) in [6.07, 6.45) is 1.26. The predicted octanol–water partition coefficient (Wildman–Crippen LogP) is 2.74. The van der Waals surface area contributed by atoms with Crippen molar-refractivity contribution in [1.82, 2.24) is 4.90 Å². The molecule has 0 saturated carbocycles. The summed E-state index contributed by atoms with van der Waals surface area (Å²) >= 11 is 5.97. The molecule has 0 aliphatic carbocycles. The quantitative estimate of drug-likeness (QED) is 0.435. The van der Waals surface area contributed by atoms with Gasteiger partial charge in [-0.3, -0.25) is 4.79 Å². The number of ether oxygens (including phenoxy) is 1. The fourth-order valence-corrected chi connectivity index (χ4v) is 3.84. The third-order valence-electron chi connectivity index (χ3n) is 5.40. The van der Waals surface area contributed by atoms with Gasteiger partial charge < -0.3 is 25.6 Å². The highest BCUT2D eigenvalue weighted by atomic mass is 35.5. The van der Waals surface area contributed by atoms with E-state index in [2.05, 4.69) is 20.1 Å². The Morgan fingerprint density at radius 1 is 1.10 bits per heavy atom. The van der Waals surface area contributed by atoms with Gasteiger partial charge in [0.25, 0.3) is 0 Å². The number of nitrogens with zero attached hydrogens (tertiary/aromatic N) is 3. The van der Waals surface area contributed by atoms with Gasteiger partial charge in [0.2, 0.25) is 5.91 Å². The maximum absolute atomic E-state index is 11.4. The minimum Gasteiger partial charge on any atom is -0.492 e. The van der Waals surface area contributed by atoms with Crippen LogP contribution in [0.3, 0.4) is 0 Å². The summed E-state index contributed by atoms with van der Waals surface area (Å²) in [5, 5.41) is 3.62. The van der Waals surface area contributed by atoms with E-state index in [1.165, 1.54) is 5.69 Å². The number of aryl methyl sites for hydroxylation is 1. The van der Waals surface area contributed by atoms with Gasteiger partial charge in [-0.15, -0.1) is 0 Å². The number of halogens is 1. The van der Waals surface area contributed by atoms with E-state index >= 15 is 0 Å². The summed E-state index contributed by atoms with van der Waals surface area (Å²) in [5.74, 6) is 1.41. The summed E-state index contributed by atoms with van der Waals surface area (Å²) in [6.45, 7) is 4.39. The van der Waals surface area contributed by atoms with Crippen LogP contribution in [-0.2, 0) is 11.2 Å². The third-order valence-corrected chi connectivity index (χ3v) is 5.65. The topological polar surface area (TPSA) is 83.2 Å². The molecule has 0 radical (unpaired) electrons. The molecule has 0 aromatic heterocycles. The van der Waals surface area contributed by atoms with Crippen LogP contribution in [0, 0.1) is 0 Å². The van der Waals surface area contributed by atoms with Crippen LogP contribution >= 0.6 is 11.6 Å². The van der Waals surface area contributed by atoms with E-state index in [9.17, 15) is 4.79 Å². The molecular formula is C22H26ClN5O2. The monoisotopic (exact) mass is 427 g/mol. The number of carbonyl (C=O) groups is 1. The lowest BCUT2D eigenvalue weighted by molar-refractivity contribution is -0.116. The van der Waals surface area contributed by atoms with Crippen LogP contribution in [-0.4, -0.2) is 56.1 Å². The molecule has 1 saturated heterocycles. The minimum atomic E-state index is 0.0648. The van der Waals surface area contributed by atoms with E-state index in [-0.39, 0.29) is 5.91 Å². The first-order valence-electron chi connectivity index (χ1n) is 10.2. The van der Waals surface area contributed by atoms with Crippen molar-refractivity contribution in [2.45, 2.75) is 12.8 Å². The molecular weight excluding hydrogens is 402 g/mol. The average Bonchev–Trinajstić information content (AvgIpc) is 2.77. The van der Waals surface area contributed by atoms with E-state index in [1.807, 2.05) is 42.5 Å². The smallest absolute Gasteiger partial charge is 0.224 e. The number of nitrogens with one attached hydrogen (secondary N) is 1. The van der Waals surface area contributed by atoms with Gasteiger partial charge in [0.05, 0.1) is 6.54 Å². The van der Waals surface area contributed by atoms with Crippen LogP contribution in [0.4, 0.5) is 11.4 Å². The summed E-state index contributed by atoms with van der Waals surface area (Å²) in [4.78, 5) is 20.3. The molecule has 2 aromatic rings. The van der Waals surface area contributed by atoms with Gasteiger partial charge in [-0.25, -0.2) is 4.99 Å². The molecule has 7 nitrogen and oxygen atoms in total. The van der Waals surface area contributed by atoms with E-state index in [0.29, 0.717) is 25.5 Å². The molecule has 0 bridgehead atoms. The molecule has 2 aromatic carbocycles. The first kappa shape index (κ1) is 20.3. The first-order chi connectivity index (χ1) is 14.6. The molecule has 2 heterocycles. The van der Waals surface area contributed by atoms with Crippen molar-refractivity contribution in [3.8, 4) is 5.75 Å². The molecule has 0 atom stereocenters. The Balaban J connectivity index is 1.22. The number of fused-ring (bicyclic) bond motifs is 1. The zero-order valence-electron chi connectivity index (χ0n) is 16.8. The van der Waals surface area contributed by atoms with E-state index < -0.39 is 0 Å². The molecule has 2 aliphatic heterocycles. The Kier molecular flexibility index (Phi) is 6.28. The van der Waals surface area contributed by atoms with Gasteiger partial charge in [0.15, 0.2) is 5.96 Å². The van der Waals surface area contributed by atoms with Crippen LogP contribution in [0.1, 0.15) is 12.0 Å². The average molecular weight is 428 g/mol. The van der Waals surface area contributed by atoms with Gasteiger partial charge in [-0.2, -0.15) is 0 Å². The van der Waals surface area contributed by atoms with Gasteiger partial charge in [0, 0.05) is 49.0 Å². The molecule has 1 fully saturated rings. The van der Waals surface area contributed by atoms with Gasteiger partial charge in [-0.05, 0) is 54.4 Å². The zero-order chi connectivity index (χ0) is 20.9. The summed E-state index contributed by atoms with van der Waals surface area (Å²) in [5.41, 5.74) is 9.33. The Bertz CT molecular complexity index is 924. The Hall–Kier alpha value is -2.93. The molecule has 4 rings (SSSR count). The lowest BCUT2D eigenvalue weighted by Crippen LogP contribution is -2.51. The maximum atomic E-state index is 11.4. The van der Waals surface area contributed by atoms with E-state index in [1.54, 1.807) is 0 Å². The van der Waals surface area contributed by atoms with Crippen molar-refractivity contribution >= 4 is 34.8 Å². The van der Waals surface area contributed by atoms with Gasteiger partial charge in [0.1, 0.15) is 12.4 Å². The third kappa shape index (κ3) is 4.97. The van der Waals surface area contributed by atoms with E-state index in [0.717, 1.165) is 54.6 Å². The first-order valence-corrected chi connectivity index (χ1v) is 10.6. The second-order valence-electron chi connectivity index (χ2n) is 7.41. The number of anilines is 2. The van der Waals surface area contributed by atoms with Crippen LogP contribution in [0.25, 0.3) is 0 Å². The second kappa shape index (κ2) is 9.26. The number of piperazine rings is 1. The van der Waals surface area contributed by atoms with Crippen molar-refractivity contribution in [3.63, 3.8) is 0 Å². The molecule has 158 valence electrons. The van der Waals surface area contributed by atoms with Crippen LogP contribution in [0.15, 0.2) is 47.5 Å². The lowest BCUT2D eigenvalue weighted by atomic mass is 10.0. The number of hydrogen-bond acceptors (Lipinski definition) is 4. The number of hydrogen-bond donors (Lipinski definition) is 2. The number of benzene rings is 2. The largest absolute Gasteiger partial charge is 0.492 e. The number of guanidine groups is 1. The molecule has 2 aliphatic rings. The van der Waals surface area contributed by atoms with Crippen molar-refractivity contribution in [2.75, 3.05) is 49.5 Å². The summed E-state index contributed by atoms with van der Waals surface area (Å²) < 4.78 is 5.81. The standard InChI is InChI=1S/C22H26ClN5O2/c23-17-2-4-18(5-3-17)27-10-12-28(13-11-27)22(24)25-9-14-30-19-6-7-20-16(15-19)1-8-21(29)26-20/h2-7,15H,1,8-14H2,(H2,24,25)(H,26,29). The fraction of sp³-hybridized carbons (Fsp3) is 0.364. The van der Waals surface area contributed by atoms with Crippen LogP contribution < -0.4 is 20.7 Å². The normalized spacial score (nSPS) is 16.8. The molecule has 3 N–H and O–H groups in total. The minimum absolute atomic E-state index is 0.0648. The predicted molar refractivity (Wildman–Crippen MR) is 121 cm³/mol. The molecule has 30 heavy (non-hydrogen) atoms. The number of carbonyl (C=O) groups excluding carboxylic acids is 1. The Labute approximate surface area is 181 Å². The highest BCUT2D eigenvalue weighted by Gasteiger charge is 2.18.